The van der Waals surface area contributed by atoms with Gasteiger partial charge < -0.3 is 14.8 Å². The second-order valence-electron chi connectivity index (χ2n) is 3.71. The minimum absolute atomic E-state index is 0.266. The van der Waals surface area contributed by atoms with Gasteiger partial charge in [0.05, 0.1) is 4.47 Å². The molecule has 0 saturated carbocycles. The molecule has 1 aliphatic heterocycles. The summed E-state index contributed by atoms with van der Waals surface area (Å²) in [5.41, 5.74) is 0.892. The van der Waals surface area contributed by atoms with Crippen LogP contribution in [0.4, 0.5) is 5.82 Å². The SMILES string of the molecule is CNc1nc(-c2ccc3c(c2)OCO3)ncc1Br. The molecule has 1 aliphatic rings. The first-order valence-corrected chi connectivity index (χ1v) is 6.17. The summed E-state index contributed by atoms with van der Waals surface area (Å²) in [5.74, 6) is 2.87. The Morgan fingerprint density at radius 1 is 1.28 bits per heavy atom. The molecule has 3 rings (SSSR count). The molecule has 0 radical (unpaired) electrons. The zero-order valence-electron chi connectivity index (χ0n) is 9.61. The van der Waals surface area contributed by atoms with Crippen molar-refractivity contribution in [3.63, 3.8) is 0 Å². The maximum Gasteiger partial charge on any atom is 0.231 e. The molecule has 2 heterocycles. The lowest BCUT2D eigenvalue weighted by molar-refractivity contribution is 0.174. The molecule has 92 valence electrons. The molecular formula is C12H10BrN3O2. The second-order valence-corrected chi connectivity index (χ2v) is 4.56. The maximum atomic E-state index is 5.34. The van der Waals surface area contributed by atoms with Crippen molar-refractivity contribution in [3.05, 3.63) is 28.9 Å². The van der Waals surface area contributed by atoms with Gasteiger partial charge in [0.2, 0.25) is 6.79 Å². The fraction of sp³-hybridized carbons (Fsp3) is 0.167. The number of anilines is 1. The van der Waals surface area contributed by atoms with Crippen molar-refractivity contribution in [3.8, 4) is 22.9 Å². The third kappa shape index (κ3) is 1.88. The van der Waals surface area contributed by atoms with Gasteiger partial charge in [-0.15, -0.1) is 0 Å². The van der Waals surface area contributed by atoms with Crippen molar-refractivity contribution in [1.82, 2.24) is 9.97 Å². The lowest BCUT2D eigenvalue weighted by Gasteiger charge is -2.06. The smallest absolute Gasteiger partial charge is 0.231 e. The summed E-state index contributed by atoms with van der Waals surface area (Å²) in [6, 6.07) is 5.66. The highest BCUT2D eigenvalue weighted by Gasteiger charge is 2.15. The molecule has 0 atom stereocenters. The predicted octanol–water partition coefficient (Wildman–Crippen LogP) is 2.68. The van der Waals surface area contributed by atoms with E-state index in [0.29, 0.717) is 5.82 Å². The fourth-order valence-electron chi connectivity index (χ4n) is 1.72. The number of nitrogens with one attached hydrogen (secondary N) is 1. The van der Waals surface area contributed by atoms with Gasteiger partial charge in [-0.2, -0.15) is 0 Å². The number of ether oxygens (including phenoxy) is 2. The van der Waals surface area contributed by atoms with Gasteiger partial charge in [0.1, 0.15) is 5.82 Å². The van der Waals surface area contributed by atoms with Crippen molar-refractivity contribution in [2.75, 3.05) is 19.2 Å². The van der Waals surface area contributed by atoms with E-state index in [1.165, 1.54) is 0 Å². The zero-order chi connectivity index (χ0) is 12.5. The molecule has 0 bridgehead atoms. The Labute approximate surface area is 112 Å². The number of benzene rings is 1. The van der Waals surface area contributed by atoms with Crippen molar-refractivity contribution < 1.29 is 9.47 Å². The molecule has 18 heavy (non-hydrogen) atoms. The Bertz CT molecular complexity index is 595. The summed E-state index contributed by atoms with van der Waals surface area (Å²) in [7, 11) is 1.82. The average molecular weight is 308 g/mol. The molecule has 1 N–H and O–H groups in total. The van der Waals surface area contributed by atoms with Crippen molar-refractivity contribution in [2.45, 2.75) is 0 Å². The maximum absolute atomic E-state index is 5.34. The van der Waals surface area contributed by atoms with Gasteiger partial charge in [-0.3, -0.25) is 0 Å². The van der Waals surface area contributed by atoms with E-state index < -0.39 is 0 Å². The monoisotopic (exact) mass is 307 g/mol. The number of halogens is 1. The third-order valence-electron chi connectivity index (χ3n) is 2.61. The summed E-state index contributed by atoms with van der Waals surface area (Å²) in [6.07, 6.45) is 1.72. The zero-order valence-corrected chi connectivity index (χ0v) is 11.2. The number of fused-ring (bicyclic) bond motifs is 1. The van der Waals surface area contributed by atoms with Crippen LogP contribution < -0.4 is 14.8 Å². The predicted molar refractivity (Wildman–Crippen MR) is 70.8 cm³/mol. The van der Waals surface area contributed by atoms with Gasteiger partial charge in [0, 0.05) is 18.8 Å². The summed E-state index contributed by atoms with van der Waals surface area (Å²) in [6.45, 7) is 0.266. The molecule has 0 spiro atoms. The van der Waals surface area contributed by atoms with Crippen LogP contribution in [0.15, 0.2) is 28.9 Å². The molecule has 0 aliphatic carbocycles. The third-order valence-corrected chi connectivity index (χ3v) is 3.19. The van der Waals surface area contributed by atoms with Gasteiger partial charge in [-0.25, -0.2) is 9.97 Å². The lowest BCUT2D eigenvalue weighted by Crippen LogP contribution is -1.97. The molecule has 1 aromatic heterocycles. The number of hydrogen-bond acceptors (Lipinski definition) is 5. The molecule has 0 unspecified atom stereocenters. The van der Waals surface area contributed by atoms with Gasteiger partial charge >= 0.3 is 0 Å². The van der Waals surface area contributed by atoms with Crippen molar-refractivity contribution in [2.24, 2.45) is 0 Å². The number of rotatable bonds is 2. The number of hydrogen-bond donors (Lipinski definition) is 1. The normalized spacial score (nSPS) is 12.6. The van der Waals surface area contributed by atoms with E-state index in [-0.39, 0.29) is 6.79 Å². The first kappa shape index (κ1) is 11.3. The van der Waals surface area contributed by atoms with E-state index in [9.17, 15) is 0 Å². The Kier molecular flexibility index (Phi) is 2.79. The van der Waals surface area contributed by atoms with Crippen LogP contribution >= 0.6 is 15.9 Å². The van der Waals surface area contributed by atoms with Gasteiger partial charge in [0.25, 0.3) is 0 Å². The molecule has 1 aromatic carbocycles. The second kappa shape index (κ2) is 4.45. The van der Waals surface area contributed by atoms with E-state index in [0.717, 1.165) is 27.4 Å². The van der Waals surface area contributed by atoms with Crippen LogP contribution in [0, 0.1) is 0 Å². The summed E-state index contributed by atoms with van der Waals surface area (Å²) >= 11 is 3.38. The van der Waals surface area contributed by atoms with Crippen LogP contribution in [0.1, 0.15) is 0 Å². The van der Waals surface area contributed by atoms with Crippen molar-refractivity contribution >= 4 is 21.7 Å². The average Bonchev–Trinajstić information content (AvgIpc) is 2.86. The molecule has 0 saturated heterocycles. The Morgan fingerprint density at radius 3 is 2.94 bits per heavy atom. The minimum Gasteiger partial charge on any atom is -0.454 e. The largest absolute Gasteiger partial charge is 0.454 e. The summed E-state index contributed by atoms with van der Waals surface area (Å²) in [5, 5.41) is 3.00. The molecule has 5 nitrogen and oxygen atoms in total. The fourth-order valence-corrected chi connectivity index (χ4v) is 2.11. The Hall–Kier alpha value is -1.82. The number of nitrogens with zero attached hydrogens (tertiary/aromatic N) is 2. The first-order chi connectivity index (χ1) is 8.78. The van der Waals surface area contributed by atoms with Gasteiger partial charge in [-0.1, -0.05) is 0 Å². The molecule has 6 heteroatoms. The van der Waals surface area contributed by atoms with E-state index in [1.807, 2.05) is 25.2 Å². The Balaban J connectivity index is 2.04. The van der Waals surface area contributed by atoms with E-state index in [2.05, 4.69) is 31.2 Å². The summed E-state index contributed by atoms with van der Waals surface area (Å²) < 4.78 is 11.4. The Morgan fingerprint density at radius 2 is 2.11 bits per heavy atom. The van der Waals surface area contributed by atoms with Crippen LogP contribution in [0.25, 0.3) is 11.4 Å². The standard InChI is InChI=1S/C12H10BrN3O2/c1-14-12-8(13)5-15-11(16-12)7-2-3-9-10(4-7)18-6-17-9/h2-5H,6H2,1H3,(H,14,15,16). The van der Waals surface area contributed by atoms with Gasteiger partial charge in [0.15, 0.2) is 17.3 Å². The van der Waals surface area contributed by atoms with Crippen LogP contribution in [-0.2, 0) is 0 Å². The van der Waals surface area contributed by atoms with E-state index in [4.69, 9.17) is 9.47 Å². The molecular weight excluding hydrogens is 298 g/mol. The van der Waals surface area contributed by atoms with Crippen LogP contribution in [0.5, 0.6) is 11.5 Å². The van der Waals surface area contributed by atoms with Gasteiger partial charge in [-0.05, 0) is 34.1 Å². The quantitative estimate of drug-likeness (QED) is 0.924. The summed E-state index contributed by atoms with van der Waals surface area (Å²) in [4.78, 5) is 8.71. The van der Waals surface area contributed by atoms with Crippen LogP contribution in [0.3, 0.4) is 0 Å². The van der Waals surface area contributed by atoms with E-state index >= 15 is 0 Å². The highest BCUT2D eigenvalue weighted by atomic mass is 79.9. The minimum atomic E-state index is 0.266. The van der Waals surface area contributed by atoms with Crippen LogP contribution in [-0.4, -0.2) is 23.8 Å². The molecule has 0 fully saturated rings. The highest BCUT2D eigenvalue weighted by Crippen LogP contribution is 2.35. The lowest BCUT2D eigenvalue weighted by atomic mass is 10.2. The molecule has 0 amide bonds. The van der Waals surface area contributed by atoms with Crippen LogP contribution in [0.2, 0.25) is 0 Å². The number of aromatic nitrogens is 2. The van der Waals surface area contributed by atoms with Crippen molar-refractivity contribution in [1.29, 1.82) is 0 Å². The first-order valence-electron chi connectivity index (χ1n) is 5.38. The van der Waals surface area contributed by atoms with E-state index in [1.54, 1.807) is 6.20 Å². The molecule has 2 aromatic rings. The topological polar surface area (TPSA) is 56.3 Å². The highest BCUT2D eigenvalue weighted by molar-refractivity contribution is 9.10.